The van der Waals surface area contributed by atoms with Gasteiger partial charge in [-0.3, -0.25) is 14.9 Å². The topological polar surface area (TPSA) is 189 Å². The number of nitro benzene ring substituents is 1. The zero-order chi connectivity index (χ0) is 43.5. The number of methoxy groups -OCH3 is 1. The number of oxime groups is 1. The van der Waals surface area contributed by atoms with E-state index >= 15 is 0 Å². The smallest absolute Gasteiger partial charge is 0.409 e. The van der Waals surface area contributed by atoms with Crippen LogP contribution in [0.4, 0.5) is 10.5 Å². The van der Waals surface area contributed by atoms with Crippen molar-refractivity contribution < 1.29 is 53.2 Å². The van der Waals surface area contributed by atoms with E-state index in [0.717, 1.165) is 36.8 Å². The lowest BCUT2D eigenvalue weighted by atomic mass is 9.55. The first kappa shape index (κ1) is 44.8. The molecule has 3 aliphatic rings. The number of nitrogens with zero attached hydrogens (tertiary/aromatic N) is 3. The molecule has 6 unspecified atom stereocenters. The number of aliphatic hydroxyl groups is 2. The first-order valence-corrected chi connectivity index (χ1v) is 20.8. The van der Waals surface area contributed by atoms with Crippen LogP contribution in [0.25, 0.3) is 0 Å². The highest BCUT2D eigenvalue weighted by atomic mass is 16.7. The van der Waals surface area contributed by atoms with Gasteiger partial charge in [0.1, 0.15) is 35.6 Å². The standard InChI is InChI=1S/C46H55N3O12/c1-5-23-58-46-42(48(3)45(53)57-6-2)27-39(47-59-29-30-13-15-33(16-14-30)49(54)55)37-25-31(11-7-9-21-50)36(12-8-10-22-51)43(44(37)46)38-26-35(18-20-41(38)61-46)60-34-17-19-40(56-4)32(24-34)28-52/h5,13-20,24-26,28,31,36,42-44,50-51H,1,6-12,21-23,27,29H2,2-4H3. The third-order valence-electron chi connectivity index (χ3n) is 11.8. The third-order valence-corrected chi connectivity index (χ3v) is 11.8. The van der Waals surface area contributed by atoms with E-state index in [1.807, 2.05) is 12.1 Å². The Hall–Kier alpha value is -5.77. The number of unbranched alkanes of at least 4 members (excludes halogenated alkanes) is 2. The number of rotatable bonds is 21. The molecule has 0 aromatic heterocycles. The number of hydrogen-bond donors (Lipinski definition) is 2. The van der Waals surface area contributed by atoms with Crippen molar-refractivity contribution in [2.75, 3.05) is 40.6 Å². The van der Waals surface area contributed by atoms with Crippen LogP contribution in [-0.4, -0.2) is 90.5 Å². The number of carbonyl (C=O) groups excluding carboxylic acids is 2. The minimum atomic E-state index is -1.47. The largest absolute Gasteiger partial charge is 0.496 e. The van der Waals surface area contributed by atoms with Crippen LogP contribution in [0.1, 0.15) is 79.3 Å². The maximum atomic E-state index is 13.7. The summed E-state index contributed by atoms with van der Waals surface area (Å²) in [5.74, 6) is -0.488. The molecule has 61 heavy (non-hydrogen) atoms. The van der Waals surface area contributed by atoms with Crippen LogP contribution in [0.3, 0.4) is 0 Å². The van der Waals surface area contributed by atoms with E-state index in [0.29, 0.717) is 59.0 Å². The zero-order valence-corrected chi connectivity index (χ0v) is 34.9. The van der Waals surface area contributed by atoms with Crippen molar-refractivity contribution >= 4 is 23.8 Å². The van der Waals surface area contributed by atoms with Gasteiger partial charge in [0.2, 0.25) is 5.79 Å². The Morgan fingerprint density at radius 1 is 1.05 bits per heavy atom. The highest BCUT2D eigenvalue weighted by Gasteiger charge is 2.65. The van der Waals surface area contributed by atoms with Crippen molar-refractivity contribution in [3.63, 3.8) is 0 Å². The van der Waals surface area contributed by atoms with Crippen LogP contribution in [0.15, 0.2) is 90.1 Å². The second kappa shape index (κ2) is 20.7. The Bertz CT molecular complexity index is 2090. The summed E-state index contributed by atoms with van der Waals surface area (Å²) < 4.78 is 31.3. The number of non-ortho nitro benzene ring substituents is 1. The molecule has 3 aromatic carbocycles. The molecule has 2 aliphatic carbocycles. The molecule has 3 aromatic rings. The van der Waals surface area contributed by atoms with Gasteiger partial charge in [0, 0.05) is 50.3 Å². The van der Waals surface area contributed by atoms with Crippen LogP contribution in [0.2, 0.25) is 0 Å². The average Bonchev–Trinajstić information content (AvgIpc) is 3.27. The van der Waals surface area contributed by atoms with Crippen LogP contribution in [0.5, 0.6) is 23.0 Å². The Labute approximate surface area is 355 Å². The lowest BCUT2D eigenvalue weighted by molar-refractivity contribution is -0.384. The van der Waals surface area contributed by atoms with E-state index < -0.39 is 28.8 Å². The predicted octanol–water partition coefficient (Wildman–Crippen LogP) is 8.13. The number of likely N-dealkylation sites (N-methyl/N-ethyl adjacent to an activating group) is 1. The van der Waals surface area contributed by atoms with E-state index in [9.17, 15) is 29.9 Å². The molecule has 0 saturated heterocycles. The minimum absolute atomic E-state index is 0.00920. The second-order valence-corrected chi connectivity index (χ2v) is 15.4. The summed E-state index contributed by atoms with van der Waals surface area (Å²) in [5.41, 5.74) is 3.24. The number of aliphatic hydroxyl groups excluding tert-OH is 2. The monoisotopic (exact) mass is 841 g/mol. The number of fused-ring (bicyclic) bond motifs is 2. The van der Waals surface area contributed by atoms with Crippen molar-refractivity contribution in [3.05, 3.63) is 112 Å². The molecule has 326 valence electrons. The second-order valence-electron chi connectivity index (χ2n) is 15.4. The molecule has 1 amide bonds. The molecular weight excluding hydrogens is 787 g/mol. The molecule has 2 N–H and O–H groups in total. The summed E-state index contributed by atoms with van der Waals surface area (Å²) in [6.45, 7) is 6.05. The van der Waals surface area contributed by atoms with Crippen LogP contribution in [-0.2, 0) is 20.9 Å². The number of allylic oxidation sites excluding steroid dienone is 1. The summed E-state index contributed by atoms with van der Waals surface area (Å²) in [4.78, 5) is 43.9. The van der Waals surface area contributed by atoms with Crippen LogP contribution in [0, 0.1) is 27.9 Å². The molecule has 0 radical (unpaired) electrons. The lowest BCUT2D eigenvalue weighted by Crippen LogP contribution is -2.69. The van der Waals surface area contributed by atoms with Gasteiger partial charge in [0.15, 0.2) is 6.29 Å². The van der Waals surface area contributed by atoms with Crippen molar-refractivity contribution in [1.82, 2.24) is 4.90 Å². The number of ether oxygens (including phenoxy) is 5. The van der Waals surface area contributed by atoms with Gasteiger partial charge in [-0.2, -0.15) is 0 Å². The number of carbonyl (C=O) groups is 2. The molecule has 1 heterocycles. The molecule has 6 atom stereocenters. The van der Waals surface area contributed by atoms with Gasteiger partial charge in [-0.25, -0.2) is 4.79 Å². The Balaban J connectivity index is 1.53. The lowest BCUT2D eigenvalue weighted by Gasteiger charge is -2.59. The number of hydrogen-bond acceptors (Lipinski definition) is 13. The van der Waals surface area contributed by atoms with Crippen LogP contribution >= 0.6 is 0 Å². The number of amides is 1. The van der Waals surface area contributed by atoms with Crippen molar-refractivity contribution in [2.24, 2.45) is 22.9 Å². The van der Waals surface area contributed by atoms with E-state index in [1.165, 1.54) is 24.1 Å². The SMILES string of the molecule is C=CCOC12Oc3ccc(Oc4ccc(OC)c(C=O)c4)cc3C3C(CCCCO)C(CCCCO)C=C(C(=NOCc4ccc([N+](=O)[O-])cc4)CC1N(C)C(=O)OCC)C32. The quantitative estimate of drug-likeness (QED) is 0.0345. The molecule has 1 saturated carbocycles. The maximum absolute atomic E-state index is 13.7. The third kappa shape index (κ3) is 9.74. The molecule has 0 spiro atoms. The van der Waals surface area contributed by atoms with Gasteiger partial charge < -0.3 is 43.6 Å². The first-order chi connectivity index (χ1) is 29.6. The predicted molar refractivity (Wildman–Crippen MR) is 226 cm³/mol. The summed E-state index contributed by atoms with van der Waals surface area (Å²) in [6.07, 6.45) is 8.39. The molecule has 15 nitrogen and oxygen atoms in total. The fourth-order valence-corrected chi connectivity index (χ4v) is 9.05. The van der Waals surface area contributed by atoms with Crippen LogP contribution < -0.4 is 14.2 Å². The zero-order valence-electron chi connectivity index (χ0n) is 34.9. The van der Waals surface area contributed by atoms with Gasteiger partial charge in [-0.15, -0.1) is 6.58 Å². The van der Waals surface area contributed by atoms with Crippen molar-refractivity contribution in [1.29, 1.82) is 0 Å². The summed E-state index contributed by atoms with van der Waals surface area (Å²) in [7, 11) is 3.14. The first-order valence-electron chi connectivity index (χ1n) is 20.8. The fraction of sp³-hybridized carbons (Fsp3) is 0.457. The van der Waals surface area contributed by atoms with Crippen molar-refractivity contribution in [2.45, 2.75) is 76.2 Å². The van der Waals surface area contributed by atoms with Crippen molar-refractivity contribution in [3.8, 4) is 23.0 Å². The van der Waals surface area contributed by atoms with Gasteiger partial charge >= 0.3 is 6.09 Å². The highest BCUT2D eigenvalue weighted by Crippen LogP contribution is 2.62. The fourth-order valence-electron chi connectivity index (χ4n) is 9.05. The molecule has 6 rings (SSSR count). The van der Waals surface area contributed by atoms with E-state index in [-0.39, 0.29) is 62.9 Å². The number of nitro groups is 1. The van der Waals surface area contributed by atoms with E-state index in [2.05, 4.69) is 12.7 Å². The summed E-state index contributed by atoms with van der Waals surface area (Å²) in [5, 5.41) is 35.8. The normalized spacial score (nSPS) is 23.1. The summed E-state index contributed by atoms with van der Waals surface area (Å²) >= 11 is 0. The van der Waals surface area contributed by atoms with Gasteiger partial charge in [-0.05, 0) is 104 Å². The van der Waals surface area contributed by atoms with Gasteiger partial charge in [0.05, 0.1) is 42.4 Å². The van der Waals surface area contributed by atoms with Gasteiger partial charge in [-0.1, -0.05) is 30.1 Å². The maximum Gasteiger partial charge on any atom is 0.409 e. The Kier molecular flexibility index (Phi) is 15.2. The molecule has 1 fully saturated rings. The average molecular weight is 842 g/mol. The number of aldehydes is 1. The summed E-state index contributed by atoms with van der Waals surface area (Å²) in [6, 6.07) is 15.9. The van der Waals surface area contributed by atoms with E-state index in [4.69, 9.17) is 33.7 Å². The molecule has 1 aliphatic heterocycles. The minimum Gasteiger partial charge on any atom is -0.496 e. The Morgan fingerprint density at radius 2 is 1.77 bits per heavy atom. The van der Waals surface area contributed by atoms with Gasteiger partial charge in [0.25, 0.3) is 5.69 Å². The Morgan fingerprint density at radius 3 is 2.44 bits per heavy atom. The highest BCUT2D eigenvalue weighted by molar-refractivity contribution is 6.03. The molecule has 0 bridgehead atoms. The molecule has 15 heteroatoms. The molecular formula is C46H55N3O12. The number of benzene rings is 3. The van der Waals surface area contributed by atoms with E-state index in [1.54, 1.807) is 56.4 Å².